The number of nitrogens with zero attached hydrogens (tertiary/aromatic N) is 1. The number of hydrogen-bond acceptors (Lipinski definition) is 7. The number of nitrogens with one attached hydrogen (secondary N) is 1. The Hall–Kier alpha value is -2.94. The summed E-state index contributed by atoms with van der Waals surface area (Å²) in [5, 5.41) is 2.77. The molecule has 1 saturated heterocycles. The first-order chi connectivity index (χ1) is 13.2. The van der Waals surface area contributed by atoms with Gasteiger partial charge in [0.05, 0.1) is 12.2 Å². The highest BCUT2D eigenvalue weighted by Gasteiger charge is 2.36. The second-order valence-corrected chi connectivity index (χ2v) is 7.17. The van der Waals surface area contributed by atoms with E-state index in [1.165, 1.54) is 0 Å². The summed E-state index contributed by atoms with van der Waals surface area (Å²) in [5.74, 6) is -2.22. The van der Waals surface area contributed by atoms with Crippen molar-refractivity contribution >= 4 is 23.9 Å². The van der Waals surface area contributed by atoms with Gasteiger partial charge in [-0.1, -0.05) is 30.3 Å². The Morgan fingerprint density at radius 3 is 2.29 bits per heavy atom. The first-order valence-corrected chi connectivity index (χ1v) is 8.84. The van der Waals surface area contributed by atoms with E-state index < -0.39 is 35.5 Å². The molecule has 1 atom stereocenters. The molecule has 1 fully saturated rings. The van der Waals surface area contributed by atoms with E-state index in [9.17, 15) is 19.2 Å². The van der Waals surface area contributed by atoms with Crippen molar-refractivity contribution in [2.45, 2.75) is 51.9 Å². The van der Waals surface area contributed by atoms with Crippen LogP contribution in [-0.4, -0.2) is 47.2 Å². The molecule has 9 nitrogen and oxygen atoms in total. The Balaban J connectivity index is 1.97. The summed E-state index contributed by atoms with van der Waals surface area (Å²) in [7, 11) is 0. The molecular formula is C19H24N2O7. The van der Waals surface area contributed by atoms with Gasteiger partial charge in [0.2, 0.25) is 0 Å². The number of hydroxylamine groups is 2. The Bertz CT molecular complexity index is 712. The summed E-state index contributed by atoms with van der Waals surface area (Å²) in [4.78, 5) is 52.6. The Morgan fingerprint density at radius 2 is 1.71 bits per heavy atom. The zero-order valence-corrected chi connectivity index (χ0v) is 16.1. The molecule has 1 aromatic carbocycles. The van der Waals surface area contributed by atoms with Gasteiger partial charge in [-0.2, -0.15) is 0 Å². The summed E-state index contributed by atoms with van der Waals surface area (Å²) >= 11 is 0. The Morgan fingerprint density at radius 1 is 1.11 bits per heavy atom. The van der Waals surface area contributed by atoms with Crippen molar-refractivity contribution in [2.24, 2.45) is 0 Å². The van der Waals surface area contributed by atoms with Gasteiger partial charge in [0, 0.05) is 12.8 Å². The van der Waals surface area contributed by atoms with E-state index in [1.807, 2.05) is 6.07 Å². The van der Waals surface area contributed by atoms with Crippen LogP contribution in [0.1, 0.15) is 39.2 Å². The van der Waals surface area contributed by atoms with E-state index in [-0.39, 0.29) is 26.1 Å². The van der Waals surface area contributed by atoms with Crippen LogP contribution in [0.15, 0.2) is 30.3 Å². The molecule has 3 amide bonds. The molecule has 1 aliphatic rings. The maximum Gasteiger partial charge on any atom is 0.408 e. The largest absolute Gasteiger partial charge is 0.445 e. The first-order valence-electron chi connectivity index (χ1n) is 8.84. The van der Waals surface area contributed by atoms with Gasteiger partial charge in [-0.3, -0.25) is 9.59 Å². The minimum Gasteiger partial charge on any atom is -0.445 e. The molecule has 0 saturated carbocycles. The molecule has 0 bridgehead atoms. The molecule has 2 rings (SSSR count). The van der Waals surface area contributed by atoms with Gasteiger partial charge in [-0.25, -0.2) is 9.59 Å². The van der Waals surface area contributed by atoms with Crippen LogP contribution in [-0.2, 0) is 35.3 Å². The number of carbonyl (C=O) groups is 4. The van der Waals surface area contributed by atoms with Crippen molar-refractivity contribution in [1.82, 2.24) is 10.4 Å². The second kappa shape index (κ2) is 9.32. The molecular weight excluding hydrogens is 368 g/mol. The predicted octanol–water partition coefficient (Wildman–Crippen LogP) is 1.70. The van der Waals surface area contributed by atoms with E-state index in [0.717, 1.165) is 5.56 Å². The zero-order chi connectivity index (χ0) is 20.7. The van der Waals surface area contributed by atoms with E-state index in [0.29, 0.717) is 5.06 Å². The maximum absolute atomic E-state index is 12.4. The number of ether oxygens (including phenoxy) is 2. The molecule has 1 aromatic rings. The molecule has 1 heterocycles. The second-order valence-electron chi connectivity index (χ2n) is 7.17. The SMILES string of the molecule is CC(C)(C)OC[C@H](NC(=O)OCc1ccccc1)C(=O)ON1C(=O)CCC1=O. The first kappa shape index (κ1) is 21.4. The molecule has 1 aliphatic heterocycles. The molecule has 1 N–H and O–H groups in total. The van der Waals surface area contributed by atoms with Crippen LogP contribution in [0.5, 0.6) is 0 Å². The summed E-state index contributed by atoms with van der Waals surface area (Å²) in [5.41, 5.74) is 0.184. The highest BCUT2D eigenvalue weighted by atomic mass is 16.7. The zero-order valence-electron chi connectivity index (χ0n) is 16.1. The van der Waals surface area contributed by atoms with Crippen molar-refractivity contribution in [3.63, 3.8) is 0 Å². The summed E-state index contributed by atoms with van der Waals surface area (Å²) in [6.45, 7) is 5.11. The minimum atomic E-state index is -1.26. The average molecular weight is 392 g/mol. The van der Waals surface area contributed by atoms with Crippen LogP contribution < -0.4 is 5.32 Å². The lowest BCUT2D eigenvalue weighted by molar-refractivity contribution is -0.200. The lowest BCUT2D eigenvalue weighted by Gasteiger charge is -2.24. The maximum atomic E-state index is 12.4. The van der Waals surface area contributed by atoms with Crippen LogP contribution in [0.4, 0.5) is 4.79 Å². The van der Waals surface area contributed by atoms with Gasteiger partial charge in [0.15, 0.2) is 6.04 Å². The standard InChI is InChI=1S/C19H24N2O7/c1-19(2,3)27-12-14(17(24)28-21-15(22)9-10-16(21)23)20-18(25)26-11-13-7-5-4-6-8-13/h4-8,14H,9-12H2,1-3H3,(H,20,25)/t14-/m0/s1. The number of amides is 3. The van der Waals surface area contributed by atoms with Gasteiger partial charge >= 0.3 is 12.1 Å². The topological polar surface area (TPSA) is 111 Å². The number of rotatable bonds is 7. The van der Waals surface area contributed by atoms with E-state index >= 15 is 0 Å². The molecule has 0 aliphatic carbocycles. The highest BCUT2D eigenvalue weighted by Crippen LogP contribution is 2.14. The Labute approximate surface area is 162 Å². The molecule has 0 aromatic heterocycles. The third-order valence-electron chi connectivity index (χ3n) is 3.66. The third kappa shape index (κ3) is 6.66. The summed E-state index contributed by atoms with van der Waals surface area (Å²) in [6, 6.07) is 7.75. The van der Waals surface area contributed by atoms with Gasteiger partial charge in [0.1, 0.15) is 6.61 Å². The molecule has 0 unspecified atom stereocenters. The van der Waals surface area contributed by atoms with Crippen LogP contribution in [0.3, 0.4) is 0 Å². The van der Waals surface area contributed by atoms with Crippen molar-refractivity contribution in [2.75, 3.05) is 6.61 Å². The van der Waals surface area contributed by atoms with Gasteiger partial charge in [-0.05, 0) is 26.3 Å². The number of hydrogen-bond donors (Lipinski definition) is 1. The fourth-order valence-electron chi connectivity index (χ4n) is 2.22. The fourth-order valence-corrected chi connectivity index (χ4v) is 2.22. The highest BCUT2D eigenvalue weighted by molar-refractivity contribution is 6.01. The molecule has 152 valence electrons. The van der Waals surface area contributed by atoms with Crippen LogP contribution >= 0.6 is 0 Å². The molecule has 0 spiro atoms. The number of alkyl carbamates (subject to hydrolysis) is 1. The van der Waals surface area contributed by atoms with Crippen LogP contribution in [0.2, 0.25) is 0 Å². The van der Waals surface area contributed by atoms with E-state index in [4.69, 9.17) is 14.3 Å². The van der Waals surface area contributed by atoms with Gasteiger partial charge < -0.3 is 19.6 Å². The lowest BCUT2D eigenvalue weighted by Crippen LogP contribution is -2.49. The average Bonchev–Trinajstić information content (AvgIpc) is 2.95. The molecule has 28 heavy (non-hydrogen) atoms. The lowest BCUT2D eigenvalue weighted by atomic mass is 10.2. The fraction of sp³-hybridized carbons (Fsp3) is 0.474. The summed E-state index contributed by atoms with van der Waals surface area (Å²) in [6.07, 6.45) is -0.911. The van der Waals surface area contributed by atoms with E-state index in [2.05, 4.69) is 5.32 Å². The third-order valence-corrected chi connectivity index (χ3v) is 3.66. The van der Waals surface area contributed by atoms with Gasteiger partial charge in [-0.15, -0.1) is 5.06 Å². The molecule has 0 radical (unpaired) electrons. The Kier molecular flexibility index (Phi) is 7.11. The predicted molar refractivity (Wildman–Crippen MR) is 96.4 cm³/mol. The molecule has 9 heteroatoms. The smallest absolute Gasteiger partial charge is 0.408 e. The van der Waals surface area contributed by atoms with Crippen molar-refractivity contribution in [3.05, 3.63) is 35.9 Å². The van der Waals surface area contributed by atoms with Crippen molar-refractivity contribution in [1.29, 1.82) is 0 Å². The summed E-state index contributed by atoms with van der Waals surface area (Å²) < 4.78 is 10.6. The van der Waals surface area contributed by atoms with E-state index in [1.54, 1.807) is 45.0 Å². The van der Waals surface area contributed by atoms with Crippen molar-refractivity contribution in [3.8, 4) is 0 Å². The van der Waals surface area contributed by atoms with Crippen molar-refractivity contribution < 1.29 is 33.5 Å². The van der Waals surface area contributed by atoms with Gasteiger partial charge in [0.25, 0.3) is 11.8 Å². The van der Waals surface area contributed by atoms with Crippen LogP contribution in [0, 0.1) is 0 Å². The monoisotopic (exact) mass is 392 g/mol. The van der Waals surface area contributed by atoms with Crippen LogP contribution in [0.25, 0.3) is 0 Å². The number of carbonyl (C=O) groups excluding carboxylic acids is 4. The minimum absolute atomic E-state index is 0.0116. The quantitative estimate of drug-likeness (QED) is 0.703. The number of imide groups is 1. The number of benzene rings is 1. The normalized spacial score (nSPS) is 15.3.